The molecule has 2 saturated heterocycles. The lowest BCUT2D eigenvalue weighted by Gasteiger charge is -2.29. The number of likely N-dealkylation sites (tertiary alicyclic amines) is 1. The lowest BCUT2D eigenvalue weighted by molar-refractivity contribution is -0.136. The molecule has 1 unspecified atom stereocenters. The van der Waals surface area contributed by atoms with Gasteiger partial charge >= 0.3 is 0 Å². The summed E-state index contributed by atoms with van der Waals surface area (Å²) in [6.45, 7) is 6.04. The van der Waals surface area contributed by atoms with E-state index in [9.17, 15) is 9.59 Å². The summed E-state index contributed by atoms with van der Waals surface area (Å²) in [4.78, 5) is 28.9. The first-order valence-corrected chi connectivity index (χ1v) is 8.91. The van der Waals surface area contributed by atoms with Gasteiger partial charge in [-0.1, -0.05) is 12.1 Å². The van der Waals surface area contributed by atoms with Crippen molar-refractivity contribution in [2.75, 3.05) is 24.5 Å². The second-order valence-electron chi connectivity index (χ2n) is 6.93. The Balaban J connectivity index is 1.74. The zero-order valence-electron chi connectivity index (χ0n) is 14.5. The third-order valence-corrected chi connectivity index (χ3v) is 4.66. The van der Waals surface area contributed by atoms with Crippen LogP contribution in [0, 0.1) is 5.92 Å². The molecule has 5 nitrogen and oxygen atoms in total. The van der Waals surface area contributed by atoms with Crippen molar-refractivity contribution in [3.63, 3.8) is 0 Å². The van der Waals surface area contributed by atoms with E-state index in [1.807, 2.05) is 43.0 Å². The first-order valence-electron chi connectivity index (χ1n) is 8.91. The Morgan fingerprint density at radius 2 is 1.88 bits per heavy atom. The third-order valence-electron chi connectivity index (χ3n) is 4.66. The first-order chi connectivity index (χ1) is 11.6. The summed E-state index contributed by atoms with van der Waals surface area (Å²) in [6.07, 6.45) is 3.67. The minimum Gasteiger partial charge on any atom is -0.489 e. The number of rotatable bonds is 4. The minimum absolute atomic E-state index is 0.00478. The van der Waals surface area contributed by atoms with E-state index in [1.165, 1.54) is 6.42 Å². The fourth-order valence-corrected chi connectivity index (χ4v) is 3.51. The van der Waals surface area contributed by atoms with Crippen LogP contribution in [-0.4, -0.2) is 42.5 Å². The minimum atomic E-state index is -0.234. The van der Waals surface area contributed by atoms with Gasteiger partial charge in [-0.15, -0.1) is 0 Å². The highest BCUT2D eigenvalue weighted by Crippen LogP contribution is 2.34. The molecule has 1 atom stereocenters. The molecule has 5 heteroatoms. The topological polar surface area (TPSA) is 49.9 Å². The van der Waals surface area contributed by atoms with Crippen LogP contribution in [0.4, 0.5) is 5.69 Å². The molecular weight excluding hydrogens is 304 g/mol. The summed E-state index contributed by atoms with van der Waals surface area (Å²) >= 11 is 0. The standard InChI is InChI=1S/C19H26N2O3/c1-14(2)24-17-9-5-4-8-16(17)21-13-15(12-18(21)22)19(23)20-10-6-3-7-11-20/h4-5,8-9,14-15H,3,6-7,10-13H2,1-2H3. The van der Waals surface area contributed by atoms with Gasteiger partial charge < -0.3 is 14.5 Å². The molecule has 1 aromatic carbocycles. The first kappa shape index (κ1) is 16.8. The van der Waals surface area contributed by atoms with Crippen LogP contribution in [0.3, 0.4) is 0 Å². The van der Waals surface area contributed by atoms with Gasteiger partial charge in [-0.05, 0) is 45.2 Å². The molecule has 0 saturated carbocycles. The molecule has 2 aliphatic heterocycles. The Bertz CT molecular complexity index is 608. The zero-order valence-corrected chi connectivity index (χ0v) is 14.5. The van der Waals surface area contributed by atoms with Crippen molar-refractivity contribution in [1.82, 2.24) is 4.90 Å². The molecule has 0 aromatic heterocycles. The highest BCUT2D eigenvalue weighted by Gasteiger charge is 2.38. The fourth-order valence-electron chi connectivity index (χ4n) is 3.51. The molecule has 2 heterocycles. The van der Waals surface area contributed by atoms with Crippen LogP contribution < -0.4 is 9.64 Å². The average Bonchev–Trinajstić information content (AvgIpc) is 2.96. The average molecular weight is 330 g/mol. The maximum atomic E-state index is 12.7. The van der Waals surface area contributed by atoms with Crippen LogP contribution in [0.1, 0.15) is 39.5 Å². The molecule has 130 valence electrons. The highest BCUT2D eigenvalue weighted by atomic mass is 16.5. The van der Waals surface area contributed by atoms with Crippen molar-refractivity contribution in [1.29, 1.82) is 0 Å². The van der Waals surface area contributed by atoms with Crippen molar-refractivity contribution < 1.29 is 14.3 Å². The summed E-state index contributed by atoms with van der Waals surface area (Å²) in [5.41, 5.74) is 0.769. The third kappa shape index (κ3) is 3.55. The molecule has 24 heavy (non-hydrogen) atoms. The Labute approximate surface area is 143 Å². The van der Waals surface area contributed by atoms with Gasteiger partial charge in [-0.25, -0.2) is 0 Å². The van der Waals surface area contributed by atoms with E-state index in [1.54, 1.807) is 4.90 Å². The predicted molar refractivity (Wildman–Crippen MR) is 93.1 cm³/mol. The van der Waals surface area contributed by atoms with Crippen molar-refractivity contribution in [2.24, 2.45) is 5.92 Å². The lowest BCUT2D eigenvalue weighted by atomic mass is 10.0. The van der Waals surface area contributed by atoms with Crippen LogP contribution >= 0.6 is 0 Å². The van der Waals surface area contributed by atoms with Gasteiger partial charge in [0.25, 0.3) is 0 Å². The van der Waals surface area contributed by atoms with E-state index in [0.717, 1.165) is 31.6 Å². The second kappa shape index (κ2) is 7.24. The molecule has 0 radical (unpaired) electrons. The van der Waals surface area contributed by atoms with Crippen LogP contribution in [0.25, 0.3) is 0 Å². The van der Waals surface area contributed by atoms with Gasteiger partial charge in [0.15, 0.2) is 0 Å². The van der Waals surface area contributed by atoms with Crippen LogP contribution in [0.5, 0.6) is 5.75 Å². The monoisotopic (exact) mass is 330 g/mol. The van der Waals surface area contributed by atoms with Crippen molar-refractivity contribution in [3.05, 3.63) is 24.3 Å². The van der Waals surface area contributed by atoms with E-state index in [0.29, 0.717) is 18.7 Å². The number of hydrogen-bond acceptors (Lipinski definition) is 3. The zero-order chi connectivity index (χ0) is 17.1. The van der Waals surface area contributed by atoms with Crippen molar-refractivity contribution >= 4 is 17.5 Å². The Hall–Kier alpha value is -2.04. The number of carbonyl (C=O) groups is 2. The number of nitrogens with zero attached hydrogens (tertiary/aromatic N) is 2. The number of benzene rings is 1. The molecule has 0 aliphatic carbocycles. The molecule has 0 spiro atoms. The maximum absolute atomic E-state index is 12.7. The van der Waals surface area contributed by atoms with Crippen LogP contribution in [-0.2, 0) is 9.59 Å². The van der Waals surface area contributed by atoms with E-state index >= 15 is 0 Å². The van der Waals surface area contributed by atoms with Crippen LogP contribution in [0.2, 0.25) is 0 Å². The Kier molecular flexibility index (Phi) is 5.07. The SMILES string of the molecule is CC(C)Oc1ccccc1N1CC(C(=O)N2CCCCC2)CC1=O. The summed E-state index contributed by atoms with van der Waals surface area (Å²) in [7, 11) is 0. The van der Waals surface area contributed by atoms with Crippen LogP contribution in [0.15, 0.2) is 24.3 Å². The largest absolute Gasteiger partial charge is 0.489 e. The van der Waals surface area contributed by atoms with Gasteiger partial charge in [-0.3, -0.25) is 9.59 Å². The Morgan fingerprint density at radius 3 is 2.58 bits per heavy atom. The molecular formula is C19H26N2O3. The fraction of sp³-hybridized carbons (Fsp3) is 0.579. The summed E-state index contributed by atoms with van der Waals surface area (Å²) < 4.78 is 5.83. The number of anilines is 1. The highest BCUT2D eigenvalue weighted by molar-refractivity contribution is 6.01. The smallest absolute Gasteiger partial charge is 0.228 e. The van der Waals surface area contributed by atoms with Gasteiger partial charge in [0.05, 0.1) is 17.7 Å². The van der Waals surface area contributed by atoms with E-state index in [4.69, 9.17) is 4.74 Å². The molecule has 0 bridgehead atoms. The molecule has 1 aromatic rings. The number of hydrogen-bond donors (Lipinski definition) is 0. The summed E-state index contributed by atoms with van der Waals surface area (Å²) in [5.74, 6) is 0.604. The number of piperidine rings is 1. The maximum Gasteiger partial charge on any atom is 0.228 e. The number of amides is 2. The van der Waals surface area contributed by atoms with E-state index in [2.05, 4.69) is 0 Å². The number of para-hydroxylation sites is 2. The number of carbonyl (C=O) groups excluding carboxylic acids is 2. The van der Waals surface area contributed by atoms with E-state index < -0.39 is 0 Å². The normalized spacial score (nSPS) is 21.5. The van der Waals surface area contributed by atoms with Gasteiger partial charge in [0, 0.05) is 26.1 Å². The second-order valence-corrected chi connectivity index (χ2v) is 6.93. The molecule has 0 N–H and O–H groups in total. The quantitative estimate of drug-likeness (QED) is 0.853. The summed E-state index contributed by atoms with van der Waals surface area (Å²) in [6, 6.07) is 7.57. The van der Waals surface area contributed by atoms with Gasteiger partial charge in [-0.2, -0.15) is 0 Å². The summed E-state index contributed by atoms with van der Waals surface area (Å²) in [5, 5.41) is 0. The predicted octanol–water partition coefficient (Wildman–Crippen LogP) is 2.84. The molecule has 3 rings (SSSR count). The molecule has 2 aliphatic rings. The lowest BCUT2D eigenvalue weighted by Crippen LogP contribution is -2.40. The number of ether oxygens (including phenoxy) is 1. The van der Waals surface area contributed by atoms with Gasteiger partial charge in [0.1, 0.15) is 5.75 Å². The molecule has 2 fully saturated rings. The van der Waals surface area contributed by atoms with Gasteiger partial charge in [0.2, 0.25) is 11.8 Å². The van der Waals surface area contributed by atoms with E-state index in [-0.39, 0.29) is 23.8 Å². The van der Waals surface area contributed by atoms with Crippen molar-refractivity contribution in [2.45, 2.75) is 45.6 Å². The molecule has 2 amide bonds. The Morgan fingerprint density at radius 1 is 1.17 bits per heavy atom. The van der Waals surface area contributed by atoms with Crippen molar-refractivity contribution in [3.8, 4) is 5.75 Å².